The first kappa shape index (κ1) is 15.4. The number of phenols is 1. The van der Waals surface area contributed by atoms with Gasteiger partial charge in [-0.25, -0.2) is 0 Å². The van der Waals surface area contributed by atoms with Gasteiger partial charge in [0.15, 0.2) is 0 Å². The van der Waals surface area contributed by atoms with Crippen molar-refractivity contribution in [1.82, 2.24) is 9.80 Å². The number of hydrogen-bond donors (Lipinski definition) is 1. The fourth-order valence-electron chi connectivity index (χ4n) is 2.53. The molecule has 5 heteroatoms. The molecule has 0 aliphatic carbocycles. The van der Waals surface area contributed by atoms with E-state index in [1.807, 2.05) is 13.0 Å². The molecule has 1 aliphatic heterocycles. The molecular weight excluding hydrogens is 268 g/mol. The second-order valence-corrected chi connectivity index (χ2v) is 5.55. The molecule has 0 radical (unpaired) electrons. The Labute approximate surface area is 125 Å². The lowest BCUT2D eigenvalue weighted by Gasteiger charge is -2.31. The predicted molar refractivity (Wildman–Crippen MR) is 79.7 cm³/mol. The Morgan fingerprint density at radius 3 is 2.86 bits per heavy atom. The molecule has 0 aromatic heterocycles. The topological polar surface area (TPSA) is 60.9 Å². The number of likely N-dealkylation sites (N-methyl/N-ethyl adjacent to an activating group) is 1. The van der Waals surface area contributed by atoms with E-state index in [2.05, 4.69) is 0 Å². The normalized spacial score (nSPS) is 16.7. The van der Waals surface area contributed by atoms with E-state index in [1.165, 1.54) is 0 Å². The zero-order valence-corrected chi connectivity index (χ0v) is 12.6. The largest absolute Gasteiger partial charge is 0.508 e. The van der Waals surface area contributed by atoms with Crippen LogP contribution in [0.5, 0.6) is 5.75 Å². The van der Waals surface area contributed by atoms with Crippen molar-refractivity contribution in [3.63, 3.8) is 0 Å². The van der Waals surface area contributed by atoms with Crippen LogP contribution in [0.1, 0.15) is 37.8 Å². The molecule has 114 valence electrons. The number of amides is 2. The number of nitrogens with zero attached hydrogens (tertiary/aromatic N) is 2. The second kappa shape index (κ2) is 6.61. The van der Waals surface area contributed by atoms with Gasteiger partial charge in [-0.3, -0.25) is 9.59 Å². The monoisotopic (exact) mass is 290 g/mol. The van der Waals surface area contributed by atoms with E-state index in [-0.39, 0.29) is 30.2 Å². The van der Waals surface area contributed by atoms with E-state index in [4.69, 9.17) is 0 Å². The number of rotatable bonds is 4. The summed E-state index contributed by atoms with van der Waals surface area (Å²) < 4.78 is 0. The van der Waals surface area contributed by atoms with Crippen molar-refractivity contribution in [3.05, 3.63) is 29.8 Å². The first-order valence-electron chi connectivity index (χ1n) is 7.31. The first-order valence-corrected chi connectivity index (χ1v) is 7.31. The molecule has 2 rings (SSSR count). The molecule has 1 fully saturated rings. The second-order valence-electron chi connectivity index (χ2n) is 5.55. The van der Waals surface area contributed by atoms with Crippen LogP contribution in [0.3, 0.4) is 0 Å². The van der Waals surface area contributed by atoms with Crippen LogP contribution in [-0.2, 0) is 9.59 Å². The highest BCUT2D eigenvalue weighted by molar-refractivity contribution is 5.85. The van der Waals surface area contributed by atoms with Gasteiger partial charge in [0.25, 0.3) is 0 Å². The zero-order valence-electron chi connectivity index (χ0n) is 12.6. The van der Waals surface area contributed by atoms with Gasteiger partial charge < -0.3 is 14.9 Å². The standard InChI is InChI=1S/C16H22N2O3/c1-12(13-6-5-7-14(19)10-13)17(2)16(21)11-18-9-4-3-8-15(18)20/h5-7,10,12,19H,3-4,8-9,11H2,1-2H3/t12-/m0/s1. The summed E-state index contributed by atoms with van der Waals surface area (Å²) in [5.74, 6) is 0.167. The van der Waals surface area contributed by atoms with Crippen LogP contribution >= 0.6 is 0 Å². The molecule has 0 saturated carbocycles. The van der Waals surface area contributed by atoms with E-state index in [0.717, 1.165) is 18.4 Å². The van der Waals surface area contributed by atoms with Gasteiger partial charge >= 0.3 is 0 Å². The van der Waals surface area contributed by atoms with Gasteiger partial charge in [-0.1, -0.05) is 12.1 Å². The van der Waals surface area contributed by atoms with Crippen LogP contribution in [0.4, 0.5) is 0 Å². The number of carbonyl (C=O) groups is 2. The van der Waals surface area contributed by atoms with Gasteiger partial charge in [-0.15, -0.1) is 0 Å². The molecule has 1 aromatic rings. The summed E-state index contributed by atoms with van der Waals surface area (Å²) in [6.45, 7) is 2.71. The fourth-order valence-corrected chi connectivity index (χ4v) is 2.53. The summed E-state index contributed by atoms with van der Waals surface area (Å²) in [6, 6.07) is 6.74. The molecule has 1 atom stereocenters. The summed E-state index contributed by atoms with van der Waals surface area (Å²) in [5, 5.41) is 9.52. The molecule has 21 heavy (non-hydrogen) atoms. The van der Waals surface area contributed by atoms with Gasteiger partial charge in [0.05, 0.1) is 12.6 Å². The minimum Gasteiger partial charge on any atom is -0.508 e. The van der Waals surface area contributed by atoms with Crippen molar-refractivity contribution in [1.29, 1.82) is 0 Å². The quantitative estimate of drug-likeness (QED) is 0.921. The average molecular weight is 290 g/mol. The molecule has 5 nitrogen and oxygen atoms in total. The van der Waals surface area contributed by atoms with E-state index in [1.54, 1.807) is 35.0 Å². The Balaban J connectivity index is 1.99. The van der Waals surface area contributed by atoms with Crippen LogP contribution in [0.25, 0.3) is 0 Å². The Kier molecular flexibility index (Phi) is 4.83. The van der Waals surface area contributed by atoms with Gasteiger partial charge in [0.1, 0.15) is 5.75 Å². The van der Waals surface area contributed by atoms with Crippen LogP contribution in [-0.4, -0.2) is 46.9 Å². The van der Waals surface area contributed by atoms with Crippen molar-refractivity contribution in [3.8, 4) is 5.75 Å². The fraction of sp³-hybridized carbons (Fsp3) is 0.500. The third-order valence-electron chi connectivity index (χ3n) is 4.07. The molecule has 0 unspecified atom stereocenters. The molecule has 1 aliphatic rings. The number of piperidine rings is 1. The molecule has 0 bridgehead atoms. The Bertz CT molecular complexity index is 530. The first-order chi connectivity index (χ1) is 9.99. The third kappa shape index (κ3) is 3.74. The maximum Gasteiger partial charge on any atom is 0.242 e. The predicted octanol–water partition coefficient (Wildman–Crippen LogP) is 1.92. The summed E-state index contributed by atoms with van der Waals surface area (Å²) >= 11 is 0. The van der Waals surface area contributed by atoms with E-state index in [9.17, 15) is 14.7 Å². The summed E-state index contributed by atoms with van der Waals surface area (Å²) in [7, 11) is 1.73. The summed E-state index contributed by atoms with van der Waals surface area (Å²) in [4.78, 5) is 27.3. The Hall–Kier alpha value is -2.04. The van der Waals surface area contributed by atoms with E-state index in [0.29, 0.717) is 13.0 Å². The SMILES string of the molecule is C[C@@H](c1cccc(O)c1)N(C)C(=O)CN1CCCCC1=O. The van der Waals surface area contributed by atoms with Crippen LogP contribution in [0, 0.1) is 0 Å². The molecule has 1 heterocycles. The number of carbonyl (C=O) groups excluding carboxylic acids is 2. The van der Waals surface area contributed by atoms with Gasteiger partial charge in [-0.05, 0) is 37.5 Å². The van der Waals surface area contributed by atoms with Gasteiger partial charge in [0, 0.05) is 20.0 Å². The maximum absolute atomic E-state index is 12.3. The highest BCUT2D eigenvalue weighted by Gasteiger charge is 2.24. The highest BCUT2D eigenvalue weighted by atomic mass is 16.3. The summed E-state index contributed by atoms with van der Waals surface area (Å²) in [6.07, 6.45) is 2.42. The number of phenolic OH excluding ortho intramolecular Hbond substituents is 1. The van der Waals surface area contributed by atoms with Crippen molar-refractivity contribution < 1.29 is 14.7 Å². The Morgan fingerprint density at radius 2 is 2.19 bits per heavy atom. The van der Waals surface area contributed by atoms with Crippen LogP contribution in [0.2, 0.25) is 0 Å². The molecule has 1 aromatic carbocycles. The van der Waals surface area contributed by atoms with Crippen molar-refractivity contribution in [2.24, 2.45) is 0 Å². The number of benzene rings is 1. The van der Waals surface area contributed by atoms with Crippen molar-refractivity contribution >= 4 is 11.8 Å². The van der Waals surface area contributed by atoms with Gasteiger partial charge in [-0.2, -0.15) is 0 Å². The minimum absolute atomic E-state index is 0.0630. The highest BCUT2D eigenvalue weighted by Crippen LogP contribution is 2.22. The number of aromatic hydroxyl groups is 1. The molecule has 1 saturated heterocycles. The van der Waals surface area contributed by atoms with Crippen LogP contribution < -0.4 is 0 Å². The lowest BCUT2D eigenvalue weighted by Crippen LogP contribution is -2.44. The number of hydrogen-bond acceptors (Lipinski definition) is 3. The number of likely N-dealkylation sites (tertiary alicyclic amines) is 1. The van der Waals surface area contributed by atoms with Crippen molar-refractivity contribution in [2.45, 2.75) is 32.2 Å². The van der Waals surface area contributed by atoms with Gasteiger partial charge in [0.2, 0.25) is 11.8 Å². The smallest absolute Gasteiger partial charge is 0.242 e. The van der Waals surface area contributed by atoms with Crippen molar-refractivity contribution in [2.75, 3.05) is 20.1 Å². The van der Waals surface area contributed by atoms with E-state index < -0.39 is 0 Å². The summed E-state index contributed by atoms with van der Waals surface area (Å²) in [5.41, 5.74) is 0.871. The third-order valence-corrected chi connectivity index (χ3v) is 4.07. The molecular formula is C16H22N2O3. The van der Waals surface area contributed by atoms with E-state index >= 15 is 0 Å². The molecule has 2 amide bonds. The molecule has 1 N–H and O–H groups in total. The Morgan fingerprint density at radius 1 is 1.43 bits per heavy atom. The lowest BCUT2D eigenvalue weighted by atomic mass is 10.1. The zero-order chi connectivity index (χ0) is 15.4. The van der Waals surface area contributed by atoms with Crippen LogP contribution in [0.15, 0.2) is 24.3 Å². The molecule has 0 spiro atoms. The minimum atomic E-state index is -0.149. The lowest BCUT2D eigenvalue weighted by molar-refractivity contribution is -0.142. The maximum atomic E-state index is 12.3. The average Bonchev–Trinajstić information content (AvgIpc) is 2.48.